The molecule has 40 heavy (non-hydrogen) atoms. The number of fused-ring (bicyclic) bond motifs is 2. The fraction of sp³-hybridized carbons (Fsp3) is 0.815. The van der Waals surface area contributed by atoms with Crippen molar-refractivity contribution in [2.45, 2.75) is 110 Å². The number of carbonyl (C=O) groups excluding carboxylic acids is 3. The van der Waals surface area contributed by atoms with Gasteiger partial charge in [0.2, 0.25) is 11.8 Å². The van der Waals surface area contributed by atoms with Crippen LogP contribution in [0.2, 0.25) is 0 Å². The van der Waals surface area contributed by atoms with E-state index in [0.717, 1.165) is 19.3 Å². The van der Waals surface area contributed by atoms with E-state index < -0.39 is 23.4 Å². The number of hydrogen-bond donors (Lipinski definition) is 0. The van der Waals surface area contributed by atoms with Crippen LogP contribution in [0.1, 0.15) is 92.0 Å². The normalized spacial score (nSPS) is 21.5. The molecule has 3 aliphatic heterocycles. The number of likely N-dealkylation sites (tertiary alicyclic amines) is 1. The summed E-state index contributed by atoms with van der Waals surface area (Å²) in [7, 11) is 0. The lowest BCUT2D eigenvalue weighted by atomic mass is 10.0. The first-order valence-corrected chi connectivity index (χ1v) is 14.3. The third-order valence-electron chi connectivity index (χ3n) is 6.97. The molecule has 0 N–H and O–H groups in total. The largest absolute Gasteiger partial charge is 0.444 e. The minimum absolute atomic E-state index is 0.0353. The molecule has 4 amide bonds. The fourth-order valence-corrected chi connectivity index (χ4v) is 4.95. The van der Waals surface area contributed by atoms with E-state index in [1.807, 2.05) is 41.5 Å². The van der Waals surface area contributed by atoms with E-state index >= 15 is 0 Å². The monoisotopic (exact) mass is 564 g/mol. The van der Waals surface area contributed by atoms with Crippen LogP contribution >= 0.6 is 0 Å². The van der Waals surface area contributed by atoms with Crippen LogP contribution in [0.4, 0.5) is 14.4 Å². The maximum absolute atomic E-state index is 13.1. The summed E-state index contributed by atoms with van der Waals surface area (Å²) < 4.78 is 17.1. The second kappa shape index (κ2) is 11.8. The minimum Gasteiger partial charge on any atom is -0.444 e. The van der Waals surface area contributed by atoms with Gasteiger partial charge in [-0.2, -0.15) is 5.06 Å². The van der Waals surface area contributed by atoms with Crippen molar-refractivity contribution in [2.75, 3.05) is 32.8 Å². The Labute approximate surface area is 236 Å². The molecule has 4 rings (SSSR count). The molecule has 3 fully saturated rings. The summed E-state index contributed by atoms with van der Waals surface area (Å²) in [6.45, 7) is 15.0. The summed E-state index contributed by atoms with van der Waals surface area (Å²) in [5, 5.41) is 9.96. The van der Waals surface area contributed by atoms with E-state index in [1.165, 1.54) is 5.06 Å². The molecule has 1 aromatic heterocycles. The Balaban J connectivity index is 1.36. The van der Waals surface area contributed by atoms with Gasteiger partial charge in [0.25, 0.3) is 0 Å². The molecule has 2 atom stereocenters. The number of piperidine rings is 1. The Morgan fingerprint density at radius 3 is 2.38 bits per heavy atom. The van der Waals surface area contributed by atoms with Crippen molar-refractivity contribution < 1.29 is 33.1 Å². The molecule has 224 valence electrons. The van der Waals surface area contributed by atoms with Crippen LogP contribution in [0.25, 0.3) is 0 Å². The molecule has 13 nitrogen and oxygen atoms in total. The van der Waals surface area contributed by atoms with E-state index in [1.54, 1.807) is 14.7 Å². The smallest absolute Gasteiger partial charge is 0.410 e. The zero-order chi connectivity index (χ0) is 29.2. The maximum Gasteiger partial charge on any atom is 0.410 e. The number of carbonyl (C=O) groups is 3. The highest BCUT2D eigenvalue weighted by Crippen LogP contribution is 2.38. The molecule has 0 spiro atoms. The van der Waals surface area contributed by atoms with Crippen LogP contribution in [0, 0.1) is 0 Å². The van der Waals surface area contributed by atoms with Gasteiger partial charge < -0.3 is 28.6 Å². The van der Waals surface area contributed by atoms with E-state index in [9.17, 15) is 14.4 Å². The lowest BCUT2D eigenvalue weighted by Gasteiger charge is -2.45. The Bertz CT molecular complexity index is 1060. The molecule has 0 radical (unpaired) electrons. The molecule has 2 bridgehead atoms. The van der Waals surface area contributed by atoms with E-state index in [0.29, 0.717) is 50.9 Å². The quantitative estimate of drug-likeness (QED) is 0.406. The standard InChI is InChI=1S/C27H44N6O7/c1-8-9-14-37-33-18-10-11-20(32(17-18)23(33)34)22-29-28-21(38-22)12-13-31(25(36)40-27(5,6)7)19-15-30(16-19)24(35)39-26(2,3)4/h18-20H,8-17H2,1-7H3/t18-,20-/m0/s1. The van der Waals surface area contributed by atoms with Gasteiger partial charge in [-0.3, -0.25) is 4.84 Å². The second-order valence-electron chi connectivity index (χ2n) is 12.7. The van der Waals surface area contributed by atoms with Crippen molar-refractivity contribution in [3.8, 4) is 0 Å². The van der Waals surface area contributed by atoms with Gasteiger partial charge in [-0.1, -0.05) is 13.3 Å². The topological polar surface area (TPSA) is 131 Å². The van der Waals surface area contributed by atoms with Crippen LogP contribution in [-0.2, 0) is 20.7 Å². The van der Waals surface area contributed by atoms with Crippen LogP contribution in [-0.4, -0.2) is 104 Å². The van der Waals surface area contributed by atoms with Crippen molar-refractivity contribution in [2.24, 2.45) is 0 Å². The SMILES string of the molecule is CCCCON1C(=O)N2C[C@@H]1CC[C@H]2c1nnc(CCN(C(=O)OC(C)(C)C)C2CN(C(=O)OC(C)(C)C)C2)o1. The predicted octanol–water partition coefficient (Wildman–Crippen LogP) is 4.14. The van der Waals surface area contributed by atoms with Crippen LogP contribution < -0.4 is 0 Å². The highest BCUT2D eigenvalue weighted by molar-refractivity contribution is 5.77. The number of nitrogens with zero attached hydrogens (tertiary/aromatic N) is 6. The van der Waals surface area contributed by atoms with Gasteiger partial charge in [-0.05, 0) is 60.8 Å². The van der Waals surface area contributed by atoms with E-state index in [4.69, 9.17) is 18.7 Å². The first-order chi connectivity index (χ1) is 18.8. The molecule has 13 heteroatoms. The number of ether oxygens (including phenoxy) is 2. The third-order valence-corrected chi connectivity index (χ3v) is 6.97. The molecule has 3 saturated heterocycles. The zero-order valence-electron chi connectivity index (χ0n) is 24.8. The Morgan fingerprint density at radius 2 is 1.73 bits per heavy atom. The van der Waals surface area contributed by atoms with Crippen molar-refractivity contribution >= 4 is 18.2 Å². The maximum atomic E-state index is 13.1. The molecule has 3 aliphatic rings. The van der Waals surface area contributed by atoms with Gasteiger partial charge in [0.1, 0.15) is 17.2 Å². The molecule has 4 heterocycles. The first kappa shape index (κ1) is 29.9. The summed E-state index contributed by atoms with van der Waals surface area (Å²) in [4.78, 5) is 49.1. The predicted molar refractivity (Wildman–Crippen MR) is 143 cm³/mol. The Hall–Kier alpha value is -3.09. The molecule has 0 saturated carbocycles. The van der Waals surface area contributed by atoms with Gasteiger partial charge in [0.15, 0.2) is 0 Å². The summed E-state index contributed by atoms with van der Waals surface area (Å²) >= 11 is 0. The summed E-state index contributed by atoms with van der Waals surface area (Å²) in [5.41, 5.74) is -1.27. The van der Waals surface area contributed by atoms with Crippen molar-refractivity contribution in [1.29, 1.82) is 0 Å². The average Bonchev–Trinajstić information content (AvgIpc) is 3.37. The van der Waals surface area contributed by atoms with Gasteiger partial charge >= 0.3 is 18.2 Å². The number of aromatic nitrogens is 2. The van der Waals surface area contributed by atoms with Crippen LogP contribution in [0.5, 0.6) is 0 Å². The Morgan fingerprint density at radius 1 is 1.02 bits per heavy atom. The molecule has 0 aromatic carbocycles. The van der Waals surface area contributed by atoms with Crippen molar-refractivity contribution in [1.82, 2.24) is 30.0 Å². The molecule has 1 aromatic rings. The summed E-state index contributed by atoms with van der Waals surface area (Å²) in [6.07, 6.45) is 2.83. The number of unbranched alkanes of at least 4 members (excludes halogenated alkanes) is 1. The zero-order valence-corrected chi connectivity index (χ0v) is 24.8. The highest BCUT2D eigenvalue weighted by atomic mass is 16.7. The lowest BCUT2D eigenvalue weighted by molar-refractivity contribution is -0.130. The number of hydrogen-bond acceptors (Lipinski definition) is 9. The summed E-state index contributed by atoms with van der Waals surface area (Å²) in [5.74, 6) is 0.762. The second-order valence-corrected chi connectivity index (χ2v) is 12.7. The van der Waals surface area contributed by atoms with E-state index in [2.05, 4.69) is 17.1 Å². The molecular formula is C27H44N6O7. The molecule has 0 aliphatic carbocycles. The first-order valence-electron chi connectivity index (χ1n) is 14.3. The minimum atomic E-state index is -0.670. The molecule has 0 unspecified atom stereocenters. The number of rotatable bonds is 9. The lowest BCUT2D eigenvalue weighted by Crippen LogP contribution is -2.63. The molecular weight excluding hydrogens is 520 g/mol. The Kier molecular flexibility index (Phi) is 8.81. The third kappa shape index (κ3) is 7.15. The van der Waals surface area contributed by atoms with Crippen LogP contribution in [0.15, 0.2) is 4.42 Å². The highest BCUT2D eigenvalue weighted by Gasteiger charge is 2.48. The van der Waals surface area contributed by atoms with Crippen molar-refractivity contribution in [3.05, 3.63) is 11.8 Å². The van der Waals surface area contributed by atoms with Gasteiger partial charge in [-0.25, -0.2) is 14.4 Å². The van der Waals surface area contributed by atoms with Gasteiger partial charge in [0.05, 0.1) is 18.7 Å². The number of amides is 4. The number of hydroxylamine groups is 2. The van der Waals surface area contributed by atoms with Crippen molar-refractivity contribution in [3.63, 3.8) is 0 Å². The van der Waals surface area contributed by atoms with Gasteiger partial charge in [0, 0.05) is 32.6 Å². The van der Waals surface area contributed by atoms with Crippen LogP contribution in [0.3, 0.4) is 0 Å². The van der Waals surface area contributed by atoms with E-state index in [-0.39, 0.29) is 30.7 Å². The average molecular weight is 565 g/mol. The summed E-state index contributed by atoms with van der Waals surface area (Å²) in [6, 6.07) is -0.659. The fourth-order valence-electron chi connectivity index (χ4n) is 4.95. The van der Waals surface area contributed by atoms with Gasteiger partial charge in [-0.15, -0.1) is 10.2 Å². The number of urea groups is 1.